The molecule has 1 heterocycles. The minimum Gasteiger partial charge on any atom is -0.379 e. The third-order valence-electron chi connectivity index (χ3n) is 1.96. The van der Waals surface area contributed by atoms with E-state index in [4.69, 9.17) is 21.1 Å². The highest BCUT2D eigenvalue weighted by molar-refractivity contribution is 7.16. The normalized spacial score (nSPS) is 15.9. The van der Waals surface area contributed by atoms with Crippen molar-refractivity contribution in [3.05, 3.63) is 21.3 Å². The molecule has 1 N–H and O–H groups in total. The number of methoxy groups -OCH3 is 2. The number of rotatable bonds is 4. The second kappa shape index (κ2) is 4.59. The molecule has 1 aromatic rings. The Morgan fingerprint density at radius 3 is 2.36 bits per heavy atom. The lowest BCUT2D eigenvalue weighted by molar-refractivity contribution is -0.211. The van der Waals surface area contributed by atoms with Gasteiger partial charge in [-0.2, -0.15) is 0 Å². The van der Waals surface area contributed by atoms with E-state index in [0.717, 1.165) is 4.88 Å². The van der Waals surface area contributed by atoms with Crippen LogP contribution in [0.3, 0.4) is 0 Å². The molecule has 14 heavy (non-hydrogen) atoms. The monoisotopic (exact) mass is 236 g/mol. The average molecular weight is 237 g/mol. The summed E-state index contributed by atoms with van der Waals surface area (Å²) in [7, 11) is 2.97. The van der Waals surface area contributed by atoms with E-state index in [1.165, 1.54) is 25.6 Å². The van der Waals surface area contributed by atoms with Crippen molar-refractivity contribution >= 4 is 22.9 Å². The molecular formula is C9H13ClO3S. The lowest BCUT2D eigenvalue weighted by Crippen LogP contribution is -2.38. The van der Waals surface area contributed by atoms with Crippen molar-refractivity contribution < 1.29 is 14.6 Å². The minimum atomic E-state index is -1.18. The van der Waals surface area contributed by atoms with Crippen LogP contribution in [0.2, 0.25) is 4.34 Å². The van der Waals surface area contributed by atoms with Gasteiger partial charge in [-0.3, -0.25) is 0 Å². The average Bonchev–Trinajstić information content (AvgIpc) is 2.54. The van der Waals surface area contributed by atoms with E-state index >= 15 is 0 Å². The zero-order valence-corrected chi connectivity index (χ0v) is 9.85. The molecular weight excluding hydrogens is 224 g/mol. The van der Waals surface area contributed by atoms with Crippen molar-refractivity contribution in [2.45, 2.75) is 18.8 Å². The lowest BCUT2D eigenvalue weighted by Gasteiger charge is -2.29. The molecule has 0 aromatic carbocycles. The summed E-state index contributed by atoms with van der Waals surface area (Å²) in [6, 6.07) is 3.50. The summed E-state index contributed by atoms with van der Waals surface area (Å²) in [6.07, 6.45) is -0.697. The third-order valence-corrected chi connectivity index (χ3v) is 3.42. The van der Waals surface area contributed by atoms with Crippen molar-refractivity contribution in [3.8, 4) is 0 Å². The summed E-state index contributed by atoms with van der Waals surface area (Å²) >= 11 is 7.09. The van der Waals surface area contributed by atoms with Crippen LogP contribution in [0.4, 0.5) is 0 Å². The van der Waals surface area contributed by atoms with Crippen LogP contribution >= 0.6 is 22.9 Å². The van der Waals surface area contributed by atoms with Crippen LogP contribution in [0.15, 0.2) is 12.1 Å². The fraction of sp³-hybridized carbons (Fsp3) is 0.556. The number of hydrogen-bond donors (Lipinski definition) is 1. The number of halogens is 1. The smallest absolute Gasteiger partial charge is 0.190 e. The van der Waals surface area contributed by atoms with E-state index < -0.39 is 11.9 Å². The summed E-state index contributed by atoms with van der Waals surface area (Å²) in [5, 5.41) is 10.2. The molecule has 0 saturated carbocycles. The molecule has 5 heteroatoms. The van der Waals surface area contributed by atoms with Gasteiger partial charge in [-0.25, -0.2) is 0 Å². The predicted octanol–water partition coefficient (Wildman–Crippen LogP) is 2.23. The summed E-state index contributed by atoms with van der Waals surface area (Å²) in [5.41, 5.74) is -1.18. The van der Waals surface area contributed by atoms with Gasteiger partial charge in [0, 0.05) is 19.1 Å². The first-order valence-corrected chi connectivity index (χ1v) is 5.25. The fourth-order valence-electron chi connectivity index (χ4n) is 1.26. The number of aliphatic hydroxyl groups is 1. The molecule has 0 spiro atoms. The standard InChI is InChI=1S/C9H13ClO3S/c1-9(11,8(12-2)13-3)6-4-5-7(10)14-6/h4-5,8,11H,1-3H3. The maximum atomic E-state index is 10.2. The Kier molecular flexibility index (Phi) is 3.92. The van der Waals surface area contributed by atoms with E-state index in [0.29, 0.717) is 4.34 Å². The van der Waals surface area contributed by atoms with E-state index in [9.17, 15) is 5.11 Å². The molecule has 1 rings (SSSR count). The molecule has 0 amide bonds. The van der Waals surface area contributed by atoms with Crippen molar-refractivity contribution in [2.24, 2.45) is 0 Å². The molecule has 0 bridgehead atoms. The van der Waals surface area contributed by atoms with E-state index in [1.54, 1.807) is 19.1 Å². The maximum Gasteiger partial charge on any atom is 0.190 e. The zero-order chi connectivity index (χ0) is 10.8. The van der Waals surface area contributed by atoms with Gasteiger partial charge in [0.25, 0.3) is 0 Å². The van der Waals surface area contributed by atoms with Gasteiger partial charge >= 0.3 is 0 Å². The third kappa shape index (κ3) is 2.27. The van der Waals surface area contributed by atoms with Crippen LogP contribution in [-0.2, 0) is 15.1 Å². The van der Waals surface area contributed by atoms with Crippen LogP contribution in [0.1, 0.15) is 11.8 Å². The van der Waals surface area contributed by atoms with Crippen molar-refractivity contribution in [2.75, 3.05) is 14.2 Å². The van der Waals surface area contributed by atoms with Crippen molar-refractivity contribution in [1.82, 2.24) is 0 Å². The predicted molar refractivity (Wildman–Crippen MR) is 56.7 cm³/mol. The van der Waals surface area contributed by atoms with Gasteiger partial charge in [0.05, 0.1) is 4.34 Å². The summed E-state index contributed by atoms with van der Waals surface area (Å²) in [4.78, 5) is 0.719. The van der Waals surface area contributed by atoms with Crippen molar-refractivity contribution in [3.63, 3.8) is 0 Å². The highest BCUT2D eigenvalue weighted by atomic mass is 35.5. The van der Waals surface area contributed by atoms with Gasteiger partial charge in [0.15, 0.2) is 6.29 Å². The Labute approximate surface area is 92.2 Å². The number of ether oxygens (including phenoxy) is 2. The highest BCUT2D eigenvalue weighted by Crippen LogP contribution is 2.34. The second-order valence-electron chi connectivity index (χ2n) is 3.05. The Morgan fingerprint density at radius 1 is 1.43 bits per heavy atom. The van der Waals surface area contributed by atoms with Gasteiger partial charge < -0.3 is 14.6 Å². The molecule has 0 saturated heterocycles. The molecule has 80 valence electrons. The Morgan fingerprint density at radius 2 is 2.00 bits per heavy atom. The highest BCUT2D eigenvalue weighted by Gasteiger charge is 2.35. The summed E-state index contributed by atoms with van der Waals surface area (Å²) in [6.45, 7) is 1.63. The molecule has 1 unspecified atom stereocenters. The SMILES string of the molecule is COC(OC)C(C)(O)c1ccc(Cl)s1. The zero-order valence-electron chi connectivity index (χ0n) is 8.28. The Bertz CT molecular complexity index is 294. The number of thiophene rings is 1. The molecule has 0 radical (unpaired) electrons. The molecule has 0 fully saturated rings. The van der Waals surface area contributed by atoms with Crippen LogP contribution in [-0.4, -0.2) is 25.6 Å². The topological polar surface area (TPSA) is 38.7 Å². The first kappa shape index (κ1) is 11.9. The minimum absolute atomic E-state index is 0.631. The Balaban J connectivity index is 2.93. The van der Waals surface area contributed by atoms with Gasteiger partial charge in [-0.1, -0.05) is 11.6 Å². The van der Waals surface area contributed by atoms with Crippen LogP contribution in [0, 0.1) is 0 Å². The van der Waals surface area contributed by atoms with Crippen LogP contribution in [0.5, 0.6) is 0 Å². The first-order chi connectivity index (χ1) is 6.52. The second-order valence-corrected chi connectivity index (χ2v) is 4.77. The van der Waals surface area contributed by atoms with Gasteiger partial charge in [0.1, 0.15) is 5.60 Å². The Hall–Kier alpha value is -0.130. The van der Waals surface area contributed by atoms with Crippen LogP contribution in [0.25, 0.3) is 0 Å². The van der Waals surface area contributed by atoms with E-state index in [-0.39, 0.29) is 0 Å². The van der Waals surface area contributed by atoms with Gasteiger partial charge in [-0.15, -0.1) is 11.3 Å². The van der Waals surface area contributed by atoms with E-state index in [2.05, 4.69) is 0 Å². The van der Waals surface area contributed by atoms with Crippen molar-refractivity contribution in [1.29, 1.82) is 0 Å². The summed E-state index contributed by atoms with van der Waals surface area (Å²) in [5.74, 6) is 0. The van der Waals surface area contributed by atoms with E-state index in [1.807, 2.05) is 0 Å². The molecule has 1 atom stereocenters. The van der Waals surface area contributed by atoms with Gasteiger partial charge in [0.2, 0.25) is 0 Å². The largest absolute Gasteiger partial charge is 0.379 e. The maximum absolute atomic E-state index is 10.2. The first-order valence-electron chi connectivity index (χ1n) is 4.06. The molecule has 0 aliphatic heterocycles. The fourth-order valence-corrected chi connectivity index (χ4v) is 2.36. The molecule has 3 nitrogen and oxygen atoms in total. The molecule has 0 aliphatic carbocycles. The van der Waals surface area contributed by atoms with Crippen LogP contribution < -0.4 is 0 Å². The quantitative estimate of drug-likeness (QED) is 0.815. The lowest BCUT2D eigenvalue weighted by atomic mass is 10.0. The molecule has 1 aromatic heterocycles. The number of hydrogen-bond acceptors (Lipinski definition) is 4. The molecule has 0 aliphatic rings. The summed E-state index contributed by atoms with van der Waals surface area (Å²) < 4.78 is 10.7. The van der Waals surface area contributed by atoms with Gasteiger partial charge in [-0.05, 0) is 19.1 Å².